The fourth-order valence-electron chi connectivity index (χ4n) is 2.19. The summed E-state index contributed by atoms with van der Waals surface area (Å²) in [6.07, 6.45) is 2.82. The van der Waals surface area contributed by atoms with E-state index in [2.05, 4.69) is 15.9 Å². The van der Waals surface area contributed by atoms with Crippen LogP contribution in [0.1, 0.15) is 24.8 Å². The molecule has 0 unspecified atom stereocenters. The van der Waals surface area contributed by atoms with E-state index in [1.807, 2.05) is 6.92 Å². The van der Waals surface area contributed by atoms with Crippen LogP contribution in [0, 0.1) is 6.92 Å². The van der Waals surface area contributed by atoms with Gasteiger partial charge in [-0.2, -0.15) is 4.31 Å². The Hall–Kier alpha value is -0.430. The van der Waals surface area contributed by atoms with Gasteiger partial charge in [0.25, 0.3) is 0 Å². The molecule has 0 atom stereocenters. The Labute approximate surface area is 122 Å². The topological polar surface area (TPSA) is 57.6 Å². The number of benzene rings is 1. The van der Waals surface area contributed by atoms with Gasteiger partial charge in [-0.3, -0.25) is 0 Å². The first-order chi connectivity index (χ1) is 8.96. The monoisotopic (exact) mass is 347 g/mol. The summed E-state index contributed by atoms with van der Waals surface area (Å²) in [5.74, 6) is 0. The van der Waals surface area contributed by atoms with Gasteiger partial charge in [0.2, 0.25) is 10.0 Å². The smallest absolute Gasteiger partial charge is 0.243 e. The normalized spacial score (nSPS) is 16.6. The van der Waals surface area contributed by atoms with Crippen LogP contribution in [0.25, 0.3) is 0 Å². The summed E-state index contributed by atoms with van der Waals surface area (Å²) in [5, 5.41) is 9.10. The lowest BCUT2D eigenvalue weighted by Crippen LogP contribution is -2.45. The van der Waals surface area contributed by atoms with Crippen LogP contribution in [0.5, 0.6) is 0 Å². The fourth-order valence-corrected chi connectivity index (χ4v) is 4.19. The molecule has 1 N–H and O–H groups in total. The zero-order chi connectivity index (χ0) is 14.0. The Morgan fingerprint density at radius 1 is 1.42 bits per heavy atom. The fraction of sp³-hybridized carbons (Fsp3) is 0.538. The lowest BCUT2D eigenvalue weighted by atomic mass is 9.93. The molecule has 0 amide bonds. The van der Waals surface area contributed by atoms with E-state index in [0.29, 0.717) is 4.90 Å². The maximum absolute atomic E-state index is 12.6. The van der Waals surface area contributed by atoms with Crippen LogP contribution in [-0.4, -0.2) is 37.0 Å². The van der Waals surface area contributed by atoms with Gasteiger partial charge in [-0.15, -0.1) is 0 Å². The van der Waals surface area contributed by atoms with Gasteiger partial charge in [0.15, 0.2) is 0 Å². The summed E-state index contributed by atoms with van der Waals surface area (Å²) >= 11 is 3.37. The van der Waals surface area contributed by atoms with Crippen molar-refractivity contribution in [2.45, 2.75) is 37.1 Å². The molecule has 0 heterocycles. The van der Waals surface area contributed by atoms with Crippen molar-refractivity contribution in [1.29, 1.82) is 0 Å². The van der Waals surface area contributed by atoms with Gasteiger partial charge in [-0.25, -0.2) is 8.42 Å². The number of hydrogen-bond acceptors (Lipinski definition) is 3. The number of nitrogens with zero attached hydrogens (tertiary/aromatic N) is 1. The minimum Gasteiger partial charge on any atom is -0.395 e. The molecule has 1 aromatic rings. The highest BCUT2D eigenvalue weighted by Gasteiger charge is 2.34. The average Bonchev–Trinajstić information content (AvgIpc) is 2.29. The van der Waals surface area contributed by atoms with Gasteiger partial charge in [0, 0.05) is 17.1 Å². The largest absolute Gasteiger partial charge is 0.395 e. The number of sulfonamides is 1. The predicted molar refractivity (Wildman–Crippen MR) is 77.5 cm³/mol. The van der Waals surface area contributed by atoms with E-state index in [4.69, 9.17) is 5.11 Å². The Morgan fingerprint density at radius 2 is 2.11 bits per heavy atom. The highest BCUT2D eigenvalue weighted by Crippen LogP contribution is 2.30. The second-order valence-electron chi connectivity index (χ2n) is 4.84. The molecule has 1 saturated carbocycles. The van der Waals surface area contributed by atoms with E-state index in [-0.39, 0.29) is 19.2 Å². The van der Waals surface area contributed by atoms with E-state index < -0.39 is 10.0 Å². The van der Waals surface area contributed by atoms with Gasteiger partial charge in [-0.1, -0.05) is 22.4 Å². The first-order valence-electron chi connectivity index (χ1n) is 6.35. The summed E-state index contributed by atoms with van der Waals surface area (Å²) in [4.78, 5) is 0.300. The molecule has 1 aromatic carbocycles. The van der Waals surface area contributed by atoms with Gasteiger partial charge in [0.1, 0.15) is 0 Å². The SMILES string of the molecule is Cc1cc(S(=O)(=O)N(CCO)C2CCC2)ccc1Br. The molecule has 0 bridgehead atoms. The van der Waals surface area contributed by atoms with Crippen LogP contribution in [0.2, 0.25) is 0 Å². The summed E-state index contributed by atoms with van der Waals surface area (Å²) in [6.45, 7) is 1.89. The molecule has 106 valence electrons. The Kier molecular flexibility index (Phi) is 4.66. The van der Waals surface area contributed by atoms with Gasteiger partial charge in [0.05, 0.1) is 11.5 Å². The number of aliphatic hydroxyl groups excluding tert-OH is 1. The van der Waals surface area contributed by atoms with Crippen molar-refractivity contribution in [2.75, 3.05) is 13.2 Å². The van der Waals surface area contributed by atoms with E-state index in [9.17, 15) is 8.42 Å². The van der Waals surface area contributed by atoms with Crippen LogP contribution in [0.15, 0.2) is 27.6 Å². The van der Waals surface area contributed by atoms with Crippen molar-refractivity contribution in [3.05, 3.63) is 28.2 Å². The third kappa shape index (κ3) is 3.02. The summed E-state index contributed by atoms with van der Waals surface area (Å²) < 4.78 is 27.6. The molecule has 4 nitrogen and oxygen atoms in total. The lowest BCUT2D eigenvalue weighted by Gasteiger charge is -2.36. The van der Waals surface area contributed by atoms with Crippen LogP contribution in [0.3, 0.4) is 0 Å². The molecule has 0 aliphatic heterocycles. The third-order valence-electron chi connectivity index (χ3n) is 3.54. The first kappa shape index (κ1) is 15.0. The van der Waals surface area contributed by atoms with Crippen molar-refractivity contribution < 1.29 is 13.5 Å². The molecular weight excluding hydrogens is 330 g/mol. The quantitative estimate of drug-likeness (QED) is 0.888. The predicted octanol–water partition coefficient (Wildman–Crippen LogP) is 2.29. The molecule has 1 aliphatic carbocycles. The molecule has 2 rings (SSSR count). The summed E-state index contributed by atoms with van der Waals surface area (Å²) in [6, 6.07) is 5.07. The second-order valence-corrected chi connectivity index (χ2v) is 7.58. The van der Waals surface area contributed by atoms with E-state index in [0.717, 1.165) is 29.3 Å². The minimum atomic E-state index is -3.51. The zero-order valence-corrected chi connectivity index (χ0v) is 13.2. The highest BCUT2D eigenvalue weighted by atomic mass is 79.9. The Bertz CT molecular complexity index is 555. The Balaban J connectivity index is 2.35. The maximum Gasteiger partial charge on any atom is 0.243 e. The molecule has 1 fully saturated rings. The van der Waals surface area contributed by atoms with E-state index >= 15 is 0 Å². The lowest BCUT2D eigenvalue weighted by molar-refractivity contribution is 0.178. The summed E-state index contributed by atoms with van der Waals surface area (Å²) in [5.41, 5.74) is 0.888. The van der Waals surface area contributed by atoms with Gasteiger partial charge < -0.3 is 5.11 Å². The van der Waals surface area contributed by atoms with Crippen molar-refractivity contribution in [1.82, 2.24) is 4.31 Å². The first-order valence-corrected chi connectivity index (χ1v) is 8.59. The van der Waals surface area contributed by atoms with Crippen LogP contribution in [0.4, 0.5) is 0 Å². The van der Waals surface area contributed by atoms with Crippen LogP contribution >= 0.6 is 15.9 Å². The average molecular weight is 348 g/mol. The van der Waals surface area contributed by atoms with Gasteiger partial charge in [-0.05, 0) is 43.5 Å². The van der Waals surface area contributed by atoms with Gasteiger partial charge >= 0.3 is 0 Å². The van der Waals surface area contributed by atoms with Crippen molar-refractivity contribution in [2.24, 2.45) is 0 Å². The number of aryl methyl sites for hydroxylation is 1. The minimum absolute atomic E-state index is 0.0427. The standard InChI is InChI=1S/C13H18BrNO3S/c1-10-9-12(5-6-13(10)14)19(17,18)15(7-8-16)11-3-2-4-11/h5-6,9,11,16H,2-4,7-8H2,1H3. The molecule has 0 saturated heterocycles. The molecule has 6 heteroatoms. The molecule has 0 aromatic heterocycles. The number of rotatable bonds is 5. The summed E-state index contributed by atoms with van der Waals surface area (Å²) in [7, 11) is -3.51. The van der Waals surface area contributed by atoms with Crippen LogP contribution < -0.4 is 0 Å². The second kappa shape index (κ2) is 5.91. The zero-order valence-electron chi connectivity index (χ0n) is 10.8. The van der Waals surface area contributed by atoms with Crippen molar-refractivity contribution in [3.63, 3.8) is 0 Å². The number of hydrogen-bond donors (Lipinski definition) is 1. The number of halogens is 1. The molecule has 1 aliphatic rings. The highest BCUT2D eigenvalue weighted by molar-refractivity contribution is 9.10. The maximum atomic E-state index is 12.6. The molecule has 0 radical (unpaired) electrons. The molecular formula is C13H18BrNO3S. The van der Waals surface area contributed by atoms with E-state index in [1.54, 1.807) is 18.2 Å². The van der Waals surface area contributed by atoms with Crippen molar-refractivity contribution >= 4 is 26.0 Å². The van der Waals surface area contributed by atoms with Crippen molar-refractivity contribution in [3.8, 4) is 0 Å². The molecule has 19 heavy (non-hydrogen) atoms. The molecule has 0 spiro atoms. The Morgan fingerprint density at radius 3 is 2.58 bits per heavy atom. The van der Waals surface area contributed by atoms with E-state index in [1.165, 1.54) is 4.31 Å². The third-order valence-corrected chi connectivity index (χ3v) is 6.38. The van der Waals surface area contributed by atoms with Crippen LogP contribution in [-0.2, 0) is 10.0 Å². The number of aliphatic hydroxyl groups is 1.